The van der Waals surface area contributed by atoms with Gasteiger partial charge in [-0.25, -0.2) is 4.98 Å². The fraction of sp³-hybridized carbons (Fsp3) is 0.100. The first kappa shape index (κ1) is 10.9. The minimum atomic E-state index is -0.593. The van der Waals surface area contributed by atoms with E-state index >= 15 is 0 Å². The zero-order chi connectivity index (χ0) is 12.3. The molecule has 88 valence electrons. The maximum Gasteiger partial charge on any atom is 0.252 e. The third kappa shape index (κ3) is 2.51. The van der Waals surface area contributed by atoms with Crippen molar-refractivity contribution < 1.29 is 9.32 Å². The van der Waals surface area contributed by atoms with E-state index in [-0.39, 0.29) is 5.56 Å². The van der Waals surface area contributed by atoms with E-state index in [2.05, 4.69) is 15.5 Å². The van der Waals surface area contributed by atoms with Crippen LogP contribution in [0.1, 0.15) is 16.1 Å². The lowest BCUT2D eigenvalue weighted by atomic mass is 10.2. The largest absolute Gasteiger partial charge is 0.397 e. The molecular weight excluding hydrogens is 222 g/mol. The lowest BCUT2D eigenvalue weighted by Crippen LogP contribution is -2.16. The van der Waals surface area contributed by atoms with Crippen molar-refractivity contribution in [2.75, 3.05) is 11.1 Å². The predicted molar refractivity (Wildman–Crippen MR) is 61.0 cm³/mol. The normalized spacial score (nSPS) is 10.1. The van der Waals surface area contributed by atoms with Crippen LogP contribution >= 0.6 is 0 Å². The fourth-order valence-electron chi connectivity index (χ4n) is 1.31. The number of aromatic nitrogens is 2. The number of hydrogen-bond donors (Lipinski definition) is 3. The highest BCUT2D eigenvalue weighted by atomic mass is 16.5. The minimum Gasteiger partial charge on any atom is -0.397 e. The van der Waals surface area contributed by atoms with Crippen LogP contribution in [-0.4, -0.2) is 16.0 Å². The standard InChI is InChI=1S/C10H11N5O2/c11-6-3-8(9(12)16)10(13-4-6)14-5-7-1-2-15-17-7/h1-4H,5,11H2,(H2,12,16)(H,13,14). The molecule has 0 spiro atoms. The highest BCUT2D eigenvalue weighted by Gasteiger charge is 2.10. The van der Waals surface area contributed by atoms with E-state index in [1.54, 1.807) is 6.07 Å². The molecule has 0 saturated heterocycles. The van der Waals surface area contributed by atoms with E-state index in [1.807, 2.05) is 0 Å². The van der Waals surface area contributed by atoms with Crippen molar-refractivity contribution in [1.82, 2.24) is 10.1 Å². The average molecular weight is 233 g/mol. The van der Waals surface area contributed by atoms with Crippen LogP contribution in [0.3, 0.4) is 0 Å². The monoisotopic (exact) mass is 233 g/mol. The molecule has 0 aliphatic heterocycles. The van der Waals surface area contributed by atoms with Gasteiger partial charge in [-0.15, -0.1) is 0 Å². The molecule has 0 saturated carbocycles. The maximum atomic E-state index is 11.2. The van der Waals surface area contributed by atoms with Crippen LogP contribution < -0.4 is 16.8 Å². The average Bonchev–Trinajstić information content (AvgIpc) is 2.80. The molecule has 2 aromatic rings. The smallest absolute Gasteiger partial charge is 0.252 e. The van der Waals surface area contributed by atoms with Crippen molar-refractivity contribution in [1.29, 1.82) is 0 Å². The van der Waals surface area contributed by atoms with E-state index < -0.39 is 5.91 Å². The van der Waals surface area contributed by atoms with Gasteiger partial charge in [-0.3, -0.25) is 4.79 Å². The molecule has 0 aromatic carbocycles. The summed E-state index contributed by atoms with van der Waals surface area (Å²) in [5.74, 6) is 0.395. The summed E-state index contributed by atoms with van der Waals surface area (Å²) in [5.41, 5.74) is 11.4. The SMILES string of the molecule is NC(=O)c1cc(N)cnc1NCc1ccno1. The molecule has 7 heteroatoms. The third-order valence-electron chi connectivity index (χ3n) is 2.10. The Balaban J connectivity index is 2.17. The Morgan fingerprint density at radius 2 is 2.35 bits per heavy atom. The van der Waals surface area contributed by atoms with Crippen molar-refractivity contribution >= 4 is 17.4 Å². The third-order valence-corrected chi connectivity index (χ3v) is 2.10. The number of carbonyl (C=O) groups excluding carboxylic acids is 1. The van der Waals surface area contributed by atoms with Crippen LogP contribution in [0.15, 0.2) is 29.0 Å². The number of carbonyl (C=O) groups is 1. The van der Waals surface area contributed by atoms with E-state index in [4.69, 9.17) is 16.0 Å². The van der Waals surface area contributed by atoms with E-state index in [1.165, 1.54) is 18.5 Å². The second-order valence-electron chi connectivity index (χ2n) is 3.36. The van der Waals surface area contributed by atoms with Crippen LogP contribution in [0.5, 0.6) is 0 Å². The molecule has 1 amide bonds. The zero-order valence-corrected chi connectivity index (χ0v) is 8.88. The lowest BCUT2D eigenvalue weighted by Gasteiger charge is -2.07. The molecule has 5 N–H and O–H groups in total. The number of nitrogen functional groups attached to an aromatic ring is 1. The van der Waals surface area contributed by atoms with Crippen molar-refractivity contribution in [2.45, 2.75) is 6.54 Å². The Bertz CT molecular complexity index is 523. The first-order valence-electron chi connectivity index (χ1n) is 4.85. The summed E-state index contributed by atoms with van der Waals surface area (Å²) in [6.45, 7) is 0.358. The zero-order valence-electron chi connectivity index (χ0n) is 8.88. The molecule has 2 rings (SSSR count). The van der Waals surface area contributed by atoms with Gasteiger partial charge in [-0.1, -0.05) is 5.16 Å². The number of pyridine rings is 1. The second kappa shape index (κ2) is 4.52. The number of primary amides is 1. The summed E-state index contributed by atoms with van der Waals surface area (Å²) in [5, 5.41) is 6.48. The summed E-state index contributed by atoms with van der Waals surface area (Å²) < 4.78 is 4.90. The Hall–Kier alpha value is -2.57. The van der Waals surface area contributed by atoms with Crippen LogP contribution in [0, 0.1) is 0 Å². The van der Waals surface area contributed by atoms with E-state index in [9.17, 15) is 4.79 Å². The molecule has 0 aliphatic carbocycles. The van der Waals surface area contributed by atoms with Gasteiger partial charge in [0.25, 0.3) is 5.91 Å². The first-order valence-corrected chi connectivity index (χ1v) is 4.85. The van der Waals surface area contributed by atoms with E-state index in [0.29, 0.717) is 23.8 Å². The Kier molecular flexibility index (Phi) is 2.91. The van der Waals surface area contributed by atoms with Crippen molar-refractivity contribution in [3.63, 3.8) is 0 Å². The Morgan fingerprint density at radius 3 is 3.00 bits per heavy atom. The first-order chi connectivity index (χ1) is 8.16. The van der Waals surface area contributed by atoms with E-state index in [0.717, 1.165) is 0 Å². The summed E-state index contributed by atoms with van der Waals surface area (Å²) >= 11 is 0. The lowest BCUT2D eigenvalue weighted by molar-refractivity contribution is 0.100. The number of hydrogen-bond acceptors (Lipinski definition) is 6. The molecule has 0 aliphatic rings. The number of nitrogens with one attached hydrogen (secondary N) is 1. The van der Waals surface area contributed by atoms with Gasteiger partial charge in [0.1, 0.15) is 5.82 Å². The van der Waals surface area contributed by atoms with Gasteiger partial charge in [-0.05, 0) is 6.07 Å². The molecule has 2 heterocycles. The molecule has 17 heavy (non-hydrogen) atoms. The Morgan fingerprint density at radius 1 is 1.53 bits per heavy atom. The fourth-order valence-corrected chi connectivity index (χ4v) is 1.31. The Labute approximate surface area is 96.8 Å². The van der Waals surface area contributed by atoms with Crippen LogP contribution in [0.2, 0.25) is 0 Å². The molecule has 7 nitrogen and oxygen atoms in total. The topological polar surface area (TPSA) is 120 Å². The quantitative estimate of drug-likeness (QED) is 0.701. The van der Waals surface area contributed by atoms with Crippen molar-refractivity contribution in [3.8, 4) is 0 Å². The molecule has 0 atom stereocenters. The molecule has 0 bridgehead atoms. The molecular formula is C10H11N5O2. The highest BCUT2D eigenvalue weighted by Crippen LogP contribution is 2.15. The van der Waals surface area contributed by atoms with Gasteiger partial charge in [0.2, 0.25) is 0 Å². The second-order valence-corrected chi connectivity index (χ2v) is 3.36. The van der Waals surface area contributed by atoms with Crippen molar-refractivity contribution in [3.05, 3.63) is 35.9 Å². The number of amides is 1. The van der Waals surface area contributed by atoms with Gasteiger partial charge in [-0.2, -0.15) is 0 Å². The maximum absolute atomic E-state index is 11.2. The number of rotatable bonds is 4. The van der Waals surface area contributed by atoms with Crippen LogP contribution in [-0.2, 0) is 6.54 Å². The number of anilines is 2. The van der Waals surface area contributed by atoms with Crippen molar-refractivity contribution in [2.24, 2.45) is 5.73 Å². The predicted octanol–water partition coefficient (Wildman–Crippen LogP) is 0.363. The highest BCUT2D eigenvalue weighted by molar-refractivity contribution is 5.98. The van der Waals surface area contributed by atoms with Gasteiger partial charge < -0.3 is 21.3 Å². The summed E-state index contributed by atoms with van der Waals surface area (Å²) in [6.07, 6.45) is 2.97. The molecule has 0 fully saturated rings. The van der Waals surface area contributed by atoms with Gasteiger partial charge >= 0.3 is 0 Å². The van der Waals surface area contributed by atoms with Gasteiger partial charge in [0.05, 0.1) is 30.2 Å². The minimum absolute atomic E-state index is 0.240. The molecule has 0 radical (unpaired) electrons. The number of nitrogens with two attached hydrogens (primary N) is 2. The summed E-state index contributed by atoms with van der Waals surface area (Å²) in [4.78, 5) is 15.2. The summed E-state index contributed by atoms with van der Waals surface area (Å²) in [6, 6.07) is 3.17. The van der Waals surface area contributed by atoms with Crippen LogP contribution in [0.25, 0.3) is 0 Å². The van der Waals surface area contributed by atoms with Gasteiger partial charge in [0.15, 0.2) is 5.76 Å². The summed E-state index contributed by atoms with van der Waals surface area (Å²) in [7, 11) is 0. The van der Waals surface area contributed by atoms with Crippen LogP contribution in [0.4, 0.5) is 11.5 Å². The van der Waals surface area contributed by atoms with Gasteiger partial charge in [0, 0.05) is 6.07 Å². The molecule has 2 aromatic heterocycles. The molecule has 0 unspecified atom stereocenters. The number of nitrogens with zero attached hydrogens (tertiary/aromatic N) is 2.